The monoisotopic (exact) mass is 167 g/mol. The molecule has 66 valence electrons. The molecule has 12 heavy (non-hydrogen) atoms. The smallest absolute Gasteiger partial charge is 0.129 e. The maximum Gasteiger partial charge on any atom is 0.129 e. The van der Waals surface area contributed by atoms with Crippen LogP contribution >= 0.6 is 0 Å². The highest BCUT2D eigenvalue weighted by atomic mass is 19.1. The zero-order valence-corrected chi connectivity index (χ0v) is 7.69. The van der Waals surface area contributed by atoms with Crippen molar-refractivity contribution in [3.63, 3.8) is 0 Å². The Hall–Kier alpha value is -0.890. The fraction of sp³-hybridized carbons (Fsp3) is 0.400. The van der Waals surface area contributed by atoms with Gasteiger partial charge < -0.3 is 5.73 Å². The van der Waals surface area contributed by atoms with Crippen LogP contribution in [0.25, 0.3) is 0 Å². The summed E-state index contributed by atoms with van der Waals surface area (Å²) in [6, 6.07) is 3.56. The van der Waals surface area contributed by atoms with E-state index >= 15 is 0 Å². The summed E-state index contributed by atoms with van der Waals surface area (Å²) >= 11 is 0. The van der Waals surface area contributed by atoms with E-state index in [-0.39, 0.29) is 11.9 Å². The summed E-state index contributed by atoms with van der Waals surface area (Å²) < 4.78 is 13.3. The molecule has 0 aromatic heterocycles. The molecule has 0 amide bonds. The Morgan fingerprint density at radius 3 is 2.42 bits per heavy atom. The molecule has 2 heteroatoms. The minimum atomic E-state index is -0.134. The van der Waals surface area contributed by atoms with Crippen LogP contribution in [0.15, 0.2) is 12.1 Å². The van der Waals surface area contributed by atoms with Crippen LogP contribution in [0.5, 0.6) is 0 Å². The molecule has 1 aromatic rings. The number of aryl methyl sites for hydroxylation is 1. The third-order valence-electron chi connectivity index (χ3n) is 2.11. The van der Waals surface area contributed by atoms with Crippen LogP contribution in [0.2, 0.25) is 0 Å². The summed E-state index contributed by atoms with van der Waals surface area (Å²) in [7, 11) is 0. The van der Waals surface area contributed by atoms with Crippen LogP contribution in [0.1, 0.15) is 29.7 Å². The Bertz CT molecular complexity index is 292. The molecule has 0 spiro atoms. The van der Waals surface area contributed by atoms with E-state index < -0.39 is 0 Å². The van der Waals surface area contributed by atoms with Gasteiger partial charge in [0.05, 0.1) is 0 Å². The fourth-order valence-corrected chi connectivity index (χ4v) is 1.33. The Balaban J connectivity index is 3.27. The Kier molecular flexibility index (Phi) is 2.48. The molecule has 1 aromatic carbocycles. The predicted molar refractivity (Wildman–Crippen MR) is 48.5 cm³/mol. The molecule has 1 atom stereocenters. The minimum absolute atomic E-state index is 0.0971. The van der Waals surface area contributed by atoms with Crippen molar-refractivity contribution in [3.05, 3.63) is 34.6 Å². The van der Waals surface area contributed by atoms with Crippen LogP contribution in [0, 0.1) is 19.7 Å². The van der Waals surface area contributed by atoms with Crippen molar-refractivity contribution in [1.82, 2.24) is 0 Å². The quantitative estimate of drug-likeness (QED) is 0.683. The molecule has 1 unspecified atom stereocenters. The number of nitrogens with two attached hydrogens (primary N) is 1. The average molecular weight is 167 g/mol. The SMILES string of the molecule is Cc1ccc(C(C)N)c(C)c1F. The lowest BCUT2D eigenvalue weighted by Crippen LogP contribution is -2.08. The predicted octanol–water partition coefficient (Wildman–Crippen LogP) is 2.46. The van der Waals surface area contributed by atoms with E-state index in [4.69, 9.17) is 5.73 Å². The molecule has 0 saturated carbocycles. The van der Waals surface area contributed by atoms with Crippen LogP contribution < -0.4 is 5.73 Å². The number of hydrogen-bond donors (Lipinski definition) is 1. The van der Waals surface area contributed by atoms with Crippen molar-refractivity contribution in [3.8, 4) is 0 Å². The van der Waals surface area contributed by atoms with Gasteiger partial charge in [0.15, 0.2) is 0 Å². The first-order valence-electron chi connectivity index (χ1n) is 4.05. The molecule has 0 aliphatic heterocycles. The zero-order chi connectivity index (χ0) is 9.30. The van der Waals surface area contributed by atoms with E-state index in [1.165, 1.54) is 0 Å². The summed E-state index contributed by atoms with van der Waals surface area (Å²) in [5.41, 5.74) is 7.90. The molecule has 1 rings (SSSR count). The van der Waals surface area contributed by atoms with Crippen LogP contribution in [0.3, 0.4) is 0 Å². The summed E-state index contributed by atoms with van der Waals surface area (Å²) in [5, 5.41) is 0. The number of hydrogen-bond acceptors (Lipinski definition) is 1. The molecule has 0 radical (unpaired) electrons. The van der Waals surface area contributed by atoms with E-state index in [0.717, 1.165) is 5.56 Å². The topological polar surface area (TPSA) is 26.0 Å². The highest BCUT2D eigenvalue weighted by Gasteiger charge is 2.08. The third-order valence-corrected chi connectivity index (χ3v) is 2.11. The zero-order valence-electron chi connectivity index (χ0n) is 7.69. The van der Waals surface area contributed by atoms with Gasteiger partial charge in [-0.3, -0.25) is 0 Å². The van der Waals surface area contributed by atoms with Gasteiger partial charge in [-0.2, -0.15) is 0 Å². The van der Waals surface area contributed by atoms with Crippen LogP contribution in [0.4, 0.5) is 4.39 Å². The van der Waals surface area contributed by atoms with Gasteiger partial charge in [-0.15, -0.1) is 0 Å². The average Bonchev–Trinajstić information content (AvgIpc) is 2.00. The van der Waals surface area contributed by atoms with Crippen molar-refractivity contribution in [1.29, 1.82) is 0 Å². The van der Waals surface area contributed by atoms with Crippen molar-refractivity contribution in [2.45, 2.75) is 26.8 Å². The third kappa shape index (κ3) is 1.48. The van der Waals surface area contributed by atoms with Gasteiger partial charge in [0.2, 0.25) is 0 Å². The molecule has 0 bridgehead atoms. The maximum absolute atomic E-state index is 13.3. The summed E-state index contributed by atoms with van der Waals surface area (Å²) in [5.74, 6) is -0.134. The van der Waals surface area contributed by atoms with Gasteiger partial charge >= 0.3 is 0 Å². The van der Waals surface area contributed by atoms with Gasteiger partial charge in [0.25, 0.3) is 0 Å². The summed E-state index contributed by atoms with van der Waals surface area (Å²) in [6.07, 6.45) is 0. The van der Waals surface area contributed by atoms with Crippen molar-refractivity contribution < 1.29 is 4.39 Å². The van der Waals surface area contributed by atoms with E-state index in [1.54, 1.807) is 19.9 Å². The van der Waals surface area contributed by atoms with E-state index in [2.05, 4.69) is 0 Å². The molecule has 0 heterocycles. The van der Waals surface area contributed by atoms with E-state index in [9.17, 15) is 4.39 Å². The minimum Gasteiger partial charge on any atom is -0.324 e. The largest absolute Gasteiger partial charge is 0.324 e. The standard InChI is InChI=1S/C10H14FN/c1-6-4-5-9(8(3)12)7(2)10(6)11/h4-5,8H,12H2,1-3H3. The molecule has 0 aliphatic carbocycles. The fourth-order valence-electron chi connectivity index (χ4n) is 1.33. The second kappa shape index (κ2) is 3.23. The van der Waals surface area contributed by atoms with Gasteiger partial charge in [-0.25, -0.2) is 4.39 Å². The first kappa shape index (κ1) is 9.20. The molecule has 0 fully saturated rings. The number of rotatable bonds is 1. The van der Waals surface area contributed by atoms with Crippen molar-refractivity contribution in [2.24, 2.45) is 5.73 Å². The highest BCUT2D eigenvalue weighted by molar-refractivity contribution is 5.33. The lowest BCUT2D eigenvalue weighted by Gasteiger charge is -2.11. The highest BCUT2D eigenvalue weighted by Crippen LogP contribution is 2.20. The molecule has 1 nitrogen and oxygen atoms in total. The maximum atomic E-state index is 13.3. The molecule has 0 aliphatic rings. The Labute approximate surface area is 72.4 Å². The molecular formula is C10H14FN. The van der Waals surface area contributed by atoms with Crippen molar-refractivity contribution >= 4 is 0 Å². The lowest BCUT2D eigenvalue weighted by atomic mass is 10.0. The van der Waals surface area contributed by atoms with Gasteiger partial charge in [-0.05, 0) is 37.5 Å². The van der Waals surface area contributed by atoms with Crippen LogP contribution in [-0.2, 0) is 0 Å². The molecule has 2 N–H and O–H groups in total. The van der Waals surface area contributed by atoms with E-state index in [0.29, 0.717) is 11.1 Å². The number of benzene rings is 1. The first-order valence-corrected chi connectivity index (χ1v) is 4.05. The first-order chi connectivity index (χ1) is 5.54. The number of halogens is 1. The summed E-state index contributed by atoms with van der Waals surface area (Å²) in [6.45, 7) is 5.38. The Morgan fingerprint density at radius 2 is 1.92 bits per heavy atom. The van der Waals surface area contributed by atoms with Gasteiger partial charge in [-0.1, -0.05) is 12.1 Å². The normalized spacial score (nSPS) is 13.1. The van der Waals surface area contributed by atoms with Gasteiger partial charge in [0, 0.05) is 6.04 Å². The lowest BCUT2D eigenvalue weighted by molar-refractivity contribution is 0.602. The van der Waals surface area contributed by atoms with Crippen LogP contribution in [-0.4, -0.2) is 0 Å². The summed E-state index contributed by atoms with van der Waals surface area (Å²) in [4.78, 5) is 0. The van der Waals surface area contributed by atoms with Gasteiger partial charge in [0.1, 0.15) is 5.82 Å². The van der Waals surface area contributed by atoms with E-state index in [1.807, 2.05) is 13.0 Å². The second-order valence-corrected chi connectivity index (χ2v) is 3.20. The second-order valence-electron chi connectivity index (χ2n) is 3.20. The Morgan fingerprint density at radius 1 is 1.33 bits per heavy atom. The molecule has 0 saturated heterocycles. The van der Waals surface area contributed by atoms with Crippen molar-refractivity contribution in [2.75, 3.05) is 0 Å². The molecular weight excluding hydrogens is 153 g/mol.